The normalized spacial score (nSPS) is 7.56. The first-order chi connectivity index (χ1) is 4.39. The Morgan fingerprint density at radius 1 is 1.67 bits per heavy atom. The zero-order valence-electron chi connectivity index (χ0n) is 4.64. The quantitative estimate of drug-likeness (QED) is 0.384. The van der Waals surface area contributed by atoms with Gasteiger partial charge in [-0.3, -0.25) is 4.98 Å². The summed E-state index contributed by atoms with van der Waals surface area (Å²) in [6.07, 6.45) is 1.29. The fourth-order valence-corrected chi connectivity index (χ4v) is 0.302. The molecule has 0 spiro atoms. The van der Waals surface area contributed by atoms with Crippen LogP contribution in [0.5, 0.6) is 0 Å². The molecule has 1 nitrogen and oxygen atoms in total. The van der Waals surface area contributed by atoms with Crippen LogP contribution >= 0.6 is 13.6 Å². The number of hydrogen-bond acceptors (Lipinski definition) is 1. The first-order valence-electron chi connectivity index (χ1n) is 2.14. The van der Waals surface area contributed by atoms with Crippen LogP contribution in [-0.2, 0) is 16.3 Å². The summed E-state index contributed by atoms with van der Waals surface area (Å²) in [6, 6.07) is 5.31. The Morgan fingerprint density at radius 3 is 2.56 bits per heavy atom. The van der Waals surface area contributed by atoms with Crippen LogP contribution < -0.4 is 0 Å². The van der Waals surface area contributed by atoms with Crippen molar-refractivity contribution in [1.82, 2.24) is 4.98 Å². The molecule has 44 valence electrons. The molecule has 0 fully saturated rings. The molecule has 1 aromatic heterocycles. The summed E-state index contributed by atoms with van der Waals surface area (Å²) in [4.78, 5) is 3.26. The van der Waals surface area contributed by atoms with E-state index < -0.39 is 5.95 Å². The maximum atomic E-state index is 11.8. The van der Waals surface area contributed by atoms with Crippen LogP contribution in [0.3, 0.4) is 0 Å². The second-order valence-electron chi connectivity index (χ2n) is 1.08. The molecule has 0 aliphatic carbocycles. The summed E-state index contributed by atoms with van der Waals surface area (Å²) in [6.45, 7) is 0. The van der Waals surface area contributed by atoms with E-state index in [9.17, 15) is 4.39 Å². The van der Waals surface area contributed by atoms with Crippen molar-refractivity contribution in [1.29, 1.82) is 0 Å². The third kappa shape index (κ3) is 4.67. The minimum absolute atomic E-state index is 0.459. The van der Waals surface area contributed by atoms with Gasteiger partial charge in [-0.15, -0.1) is 0 Å². The van der Waals surface area contributed by atoms with E-state index in [0.29, 0.717) is 0 Å². The molecule has 0 unspecified atom stereocenters. The van der Waals surface area contributed by atoms with E-state index in [0.717, 1.165) is 0 Å². The summed E-state index contributed by atoms with van der Waals surface area (Å²) in [5.41, 5.74) is 0. The van der Waals surface area contributed by atoms with Crippen LogP contribution in [0.1, 0.15) is 0 Å². The van der Waals surface area contributed by atoms with Crippen molar-refractivity contribution in [3.63, 3.8) is 0 Å². The number of nitrogens with zero attached hydrogens (tertiary/aromatic N) is 1. The zero-order chi connectivity index (χ0) is 7.11. The van der Waals surface area contributed by atoms with Crippen LogP contribution in [0.15, 0.2) is 18.3 Å². The van der Waals surface area contributed by atoms with Gasteiger partial charge in [0.1, 0.15) is 5.95 Å². The van der Waals surface area contributed by atoms with Gasteiger partial charge in [-0.25, -0.2) is 16.5 Å². The van der Waals surface area contributed by atoms with Gasteiger partial charge >= 0.3 is 30.0 Å². The molecule has 1 heterocycles. The number of aromatic nitrogens is 1. The molecule has 1 aromatic rings. The van der Waals surface area contributed by atoms with Crippen LogP contribution in [0.25, 0.3) is 0 Å². The first kappa shape index (κ1) is 9.18. The fourth-order valence-electron chi connectivity index (χ4n) is 0.302. The van der Waals surface area contributed by atoms with Crippen molar-refractivity contribution < 1.29 is 20.7 Å². The summed E-state index contributed by atoms with van der Waals surface area (Å²) in [5, 5.41) is 0. The van der Waals surface area contributed by atoms with Gasteiger partial charge in [0, 0.05) is 0 Å². The molecule has 0 aliphatic heterocycles. The average Bonchev–Trinajstić information content (AvgIpc) is 1.94. The molecule has 0 aromatic carbocycles. The zero-order valence-corrected chi connectivity index (χ0v) is 9.20. The van der Waals surface area contributed by atoms with Crippen LogP contribution in [0.2, 0.25) is 0 Å². The Balaban J connectivity index is 0.000000291. The minimum atomic E-state index is -0.459. The van der Waals surface area contributed by atoms with Crippen molar-refractivity contribution in [2.75, 3.05) is 0 Å². The molecule has 4 heteroatoms. The first-order valence-corrected chi connectivity index (χ1v) is 9.09. The monoisotopic (exact) mass is 239 g/mol. The third-order valence-corrected chi connectivity index (χ3v) is 0.580. The Bertz CT molecular complexity index is 147. The van der Waals surface area contributed by atoms with Crippen LogP contribution in [-0.4, -0.2) is 4.98 Å². The average molecular weight is 241 g/mol. The van der Waals surface area contributed by atoms with Crippen molar-refractivity contribution in [2.45, 2.75) is 0 Å². The van der Waals surface area contributed by atoms with Gasteiger partial charge < -0.3 is 0 Å². The molecule has 0 aliphatic rings. The number of halogens is 2. The van der Waals surface area contributed by atoms with Gasteiger partial charge in [-0.2, -0.15) is 6.07 Å². The van der Waals surface area contributed by atoms with E-state index >= 15 is 0 Å². The van der Waals surface area contributed by atoms with Gasteiger partial charge in [-0.05, 0) is 0 Å². The van der Waals surface area contributed by atoms with Crippen LogP contribution in [0, 0.1) is 12.0 Å². The predicted molar refractivity (Wildman–Crippen MR) is 32.0 cm³/mol. The fraction of sp³-hybridized carbons (Fsp3) is 0. The van der Waals surface area contributed by atoms with Gasteiger partial charge in [-0.1, -0.05) is 6.20 Å². The molecule has 9 heavy (non-hydrogen) atoms. The molecule has 0 N–H and O–H groups in total. The van der Waals surface area contributed by atoms with E-state index in [4.69, 9.17) is 0 Å². The summed E-state index contributed by atoms with van der Waals surface area (Å²) >= 11 is 4.25. The summed E-state index contributed by atoms with van der Waals surface area (Å²) in [7, 11) is 0. The molecular weight excluding hydrogens is 238 g/mol. The van der Waals surface area contributed by atoms with Crippen LogP contribution in [0.4, 0.5) is 4.39 Å². The molecule has 0 amide bonds. The SMILES string of the molecule is Fc1cc[c-]cn1.[Zn+][Br]. The number of pyridine rings is 1. The Kier molecular flexibility index (Phi) is 6.43. The van der Waals surface area contributed by atoms with E-state index in [1.54, 1.807) is 0 Å². The van der Waals surface area contributed by atoms with Crippen molar-refractivity contribution in [3.05, 3.63) is 30.3 Å². The second kappa shape index (κ2) is 6.31. The topological polar surface area (TPSA) is 12.9 Å². The second-order valence-corrected chi connectivity index (χ2v) is 1.08. The molecule has 0 atom stereocenters. The summed E-state index contributed by atoms with van der Waals surface area (Å²) in [5.74, 6) is -0.459. The van der Waals surface area contributed by atoms with Crippen molar-refractivity contribution >= 4 is 13.6 Å². The van der Waals surface area contributed by atoms with E-state index in [-0.39, 0.29) is 0 Å². The maximum absolute atomic E-state index is 11.8. The van der Waals surface area contributed by atoms with E-state index in [2.05, 4.69) is 24.7 Å². The Hall–Kier alpha value is 0.183. The Morgan fingerprint density at radius 2 is 2.33 bits per heavy atom. The van der Waals surface area contributed by atoms with Crippen molar-refractivity contribution in [3.8, 4) is 0 Å². The van der Waals surface area contributed by atoms with Gasteiger partial charge in [0.25, 0.3) is 0 Å². The Labute approximate surface area is 69.7 Å². The van der Waals surface area contributed by atoms with Gasteiger partial charge in [0.15, 0.2) is 0 Å². The molecule has 0 radical (unpaired) electrons. The molecule has 0 saturated carbocycles. The molecule has 0 saturated heterocycles. The molecule has 0 bridgehead atoms. The molecular formula is C5H3BrFNZn. The molecule has 1 rings (SSSR count). The van der Waals surface area contributed by atoms with Gasteiger partial charge in [0.2, 0.25) is 0 Å². The summed E-state index contributed by atoms with van der Waals surface area (Å²) < 4.78 is 11.8. The van der Waals surface area contributed by atoms with E-state index in [1.165, 1.54) is 34.7 Å². The third-order valence-electron chi connectivity index (χ3n) is 0.580. The number of hydrogen-bond donors (Lipinski definition) is 0. The standard InChI is InChI=1S/C5H3FN.BrH.Zn/c6-5-3-1-2-4-7-5;;/h1,3-4H;1H;/q-1;;+2/p-1. The van der Waals surface area contributed by atoms with Crippen molar-refractivity contribution in [2.24, 2.45) is 0 Å². The number of rotatable bonds is 0. The predicted octanol–water partition coefficient (Wildman–Crippen LogP) is 1.86. The van der Waals surface area contributed by atoms with E-state index in [1.807, 2.05) is 0 Å². The van der Waals surface area contributed by atoms with Gasteiger partial charge in [0.05, 0.1) is 0 Å².